The van der Waals surface area contributed by atoms with E-state index >= 15 is 0 Å². The van der Waals surface area contributed by atoms with Gasteiger partial charge in [-0.2, -0.15) is 0 Å². The smallest absolute Gasteiger partial charge is 0.226 e. The van der Waals surface area contributed by atoms with Crippen molar-refractivity contribution in [1.82, 2.24) is 9.97 Å². The first-order chi connectivity index (χ1) is 12.6. The van der Waals surface area contributed by atoms with Gasteiger partial charge in [-0.25, -0.2) is 4.98 Å². The Morgan fingerprint density at radius 1 is 1.27 bits per heavy atom. The van der Waals surface area contributed by atoms with Gasteiger partial charge in [0, 0.05) is 22.5 Å². The van der Waals surface area contributed by atoms with E-state index in [0.717, 1.165) is 15.9 Å². The highest BCUT2D eigenvalue weighted by atomic mass is 79.9. The SMILES string of the molecule is O=C(CCCOc1ccc(Br)cc1Cl)Nc1nc(-c2ccccn2)cs1. The second kappa shape index (κ2) is 9.12. The summed E-state index contributed by atoms with van der Waals surface area (Å²) in [5.74, 6) is 0.507. The fourth-order valence-electron chi connectivity index (χ4n) is 2.15. The Balaban J connectivity index is 1.44. The fourth-order valence-corrected chi connectivity index (χ4v) is 3.60. The first kappa shape index (κ1) is 18.8. The van der Waals surface area contributed by atoms with Crippen molar-refractivity contribution >= 4 is 49.9 Å². The molecular weight excluding hydrogens is 438 g/mol. The molecule has 0 aliphatic heterocycles. The van der Waals surface area contributed by atoms with Crippen LogP contribution < -0.4 is 10.1 Å². The van der Waals surface area contributed by atoms with Crippen molar-refractivity contribution in [2.24, 2.45) is 0 Å². The van der Waals surface area contributed by atoms with E-state index in [-0.39, 0.29) is 5.91 Å². The Morgan fingerprint density at radius 3 is 2.92 bits per heavy atom. The molecule has 0 radical (unpaired) electrons. The molecule has 3 rings (SSSR count). The van der Waals surface area contributed by atoms with Gasteiger partial charge in [0.05, 0.1) is 17.3 Å². The van der Waals surface area contributed by atoms with Crippen LogP contribution in [0.5, 0.6) is 5.75 Å². The maximum Gasteiger partial charge on any atom is 0.226 e. The van der Waals surface area contributed by atoms with E-state index in [1.165, 1.54) is 11.3 Å². The number of carbonyl (C=O) groups is 1. The molecular formula is C18H15BrClN3O2S. The van der Waals surface area contributed by atoms with Gasteiger partial charge in [-0.05, 0) is 36.8 Å². The molecule has 0 aliphatic carbocycles. The molecule has 2 heterocycles. The zero-order valence-electron chi connectivity index (χ0n) is 13.6. The predicted molar refractivity (Wildman–Crippen MR) is 108 cm³/mol. The van der Waals surface area contributed by atoms with Crippen LogP contribution >= 0.6 is 38.9 Å². The molecule has 8 heteroatoms. The molecule has 0 atom stereocenters. The lowest BCUT2D eigenvalue weighted by atomic mass is 10.3. The first-order valence-corrected chi connectivity index (χ1v) is 9.91. The Hall–Kier alpha value is -1.96. The molecule has 1 aromatic carbocycles. The third kappa shape index (κ3) is 5.27. The Morgan fingerprint density at radius 2 is 2.15 bits per heavy atom. The van der Waals surface area contributed by atoms with Crippen LogP contribution in [0.1, 0.15) is 12.8 Å². The van der Waals surface area contributed by atoms with Crippen molar-refractivity contribution < 1.29 is 9.53 Å². The highest BCUT2D eigenvalue weighted by molar-refractivity contribution is 9.10. The number of halogens is 2. The van der Waals surface area contributed by atoms with E-state index < -0.39 is 0 Å². The summed E-state index contributed by atoms with van der Waals surface area (Å²) in [7, 11) is 0. The molecule has 1 amide bonds. The van der Waals surface area contributed by atoms with Gasteiger partial charge in [-0.3, -0.25) is 9.78 Å². The standard InChI is InChI=1S/C18H15BrClN3O2S/c19-12-6-7-16(13(20)10-12)25-9-3-5-17(24)23-18-22-15(11-26-18)14-4-1-2-8-21-14/h1-2,4,6-8,10-11H,3,5,9H2,(H,22,23,24). The maximum absolute atomic E-state index is 12.0. The van der Waals surface area contributed by atoms with E-state index in [1.807, 2.05) is 29.6 Å². The summed E-state index contributed by atoms with van der Waals surface area (Å²) >= 11 is 10.8. The Labute approximate surface area is 168 Å². The second-order valence-electron chi connectivity index (χ2n) is 5.33. The second-order valence-corrected chi connectivity index (χ2v) is 7.51. The zero-order chi connectivity index (χ0) is 18.4. The average Bonchev–Trinajstić information content (AvgIpc) is 3.09. The fraction of sp³-hybridized carbons (Fsp3) is 0.167. The highest BCUT2D eigenvalue weighted by Crippen LogP contribution is 2.28. The predicted octanol–water partition coefficient (Wildman–Crippen LogP) is 5.42. The molecule has 0 fully saturated rings. The van der Waals surface area contributed by atoms with Crippen molar-refractivity contribution in [2.75, 3.05) is 11.9 Å². The van der Waals surface area contributed by atoms with Gasteiger partial charge < -0.3 is 10.1 Å². The number of nitrogens with zero attached hydrogens (tertiary/aromatic N) is 2. The summed E-state index contributed by atoms with van der Waals surface area (Å²) in [6.07, 6.45) is 2.63. The van der Waals surface area contributed by atoms with Gasteiger partial charge in [0.25, 0.3) is 0 Å². The van der Waals surface area contributed by atoms with E-state index in [4.69, 9.17) is 16.3 Å². The summed E-state index contributed by atoms with van der Waals surface area (Å²) in [5.41, 5.74) is 1.53. The van der Waals surface area contributed by atoms with Crippen molar-refractivity contribution in [3.63, 3.8) is 0 Å². The normalized spacial score (nSPS) is 10.5. The molecule has 134 valence electrons. The molecule has 0 spiro atoms. The van der Waals surface area contributed by atoms with Gasteiger partial charge in [0.2, 0.25) is 5.91 Å². The monoisotopic (exact) mass is 451 g/mol. The van der Waals surface area contributed by atoms with Crippen LogP contribution in [0, 0.1) is 0 Å². The van der Waals surface area contributed by atoms with Gasteiger partial charge in [-0.1, -0.05) is 33.6 Å². The van der Waals surface area contributed by atoms with Crippen LogP contribution in [-0.2, 0) is 4.79 Å². The van der Waals surface area contributed by atoms with Crippen molar-refractivity contribution in [1.29, 1.82) is 0 Å². The minimum absolute atomic E-state index is 0.0996. The summed E-state index contributed by atoms with van der Waals surface area (Å²) in [6.45, 7) is 0.409. The van der Waals surface area contributed by atoms with Crippen molar-refractivity contribution in [3.8, 4) is 17.1 Å². The summed E-state index contributed by atoms with van der Waals surface area (Å²) < 4.78 is 6.49. The van der Waals surface area contributed by atoms with Gasteiger partial charge in [-0.15, -0.1) is 11.3 Å². The molecule has 0 unspecified atom stereocenters. The summed E-state index contributed by atoms with van der Waals surface area (Å²) in [5, 5.41) is 5.77. The van der Waals surface area contributed by atoms with Crippen LogP contribution in [0.25, 0.3) is 11.4 Å². The molecule has 0 saturated heterocycles. The number of anilines is 1. The topological polar surface area (TPSA) is 64.1 Å². The number of hydrogen-bond donors (Lipinski definition) is 1. The number of aromatic nitrogens is 2. The van der Waals surface area contributed by atoms with Crippen LogP contribution in [0.2, 0.25) is 5.02 Å². The highest BCUT2D eigenvalue weighted by Gasteiger charge is 2.09. The molecule has 1 N–H and O–H groups in total. The quantitative estimate of drug-likeness (QED) is 0.486. The maximum atomic E-state index is 12.0. The number of benzene rings is 1. The van der Waals surface area contributed by atoms with Crippen LogP contribution in [0.3, 0.4) is 0 Å². The summed E-state index contributed by atoms with van der Waals surface area (Å²) in [4.78, 5) is 20.7. The average molecular weight is 453 g/mol. The lowest BCUT2D eigenvalue weighted by molar-refractivity contribution is -0.116. The number of pyridine rings is 1. The summed E-state index contributed by atoms with van der Waals surface area (Å²) in [6, 6.07) is 11.0. The van der Waals surface area contributed by atoms with Gasteiger partial charge in [0.15, 0.2) is 5.13 Å². The minimum atomic E-state index is -0.0996. The molecule has 3 aromatic rings. The molecule has 26 heavy (non-hydrogen) atoms. The third-order valence-electron chi connectivity index (χ3n) is 3.38. The van der Waals surface area contributed by atoms with Crippen LogP contribution in [0.4, 0.5) is 5.13 Å². The van der Waals surface area contributed by atoms with Crippen molar-refractivity contribution in [3.05, 3.63) is 57.5 Å². The number of ether oxygens (including phenoxy) is 1. The van der Waals surface area contributed by atoms with E-state index in [1.54, 1.807) is 18.3 Å². The lowest BCUT2D eigenvalue weighted by Crippen LogP contribution is -2.12. The Kier molecular flexibility index (Phi) is 6.60. The lowest BCUT2D eigenvalue weighted by Gasteiger charge is -2.08. The van der Waals surface area contributed by atoms with E-state index in [2.05, 4.69) is 31.2 Å². The zero-order valence-corrected chi connectivity index (χ0v) is 16.8. The Bertz CT molecular complexity index is 889. The van der Waals surface area contributed by atoms with Crippen molar-refractivity contribution in [2.45, 2.75) is 12.8 Å². The largest absolute Gasteiger partial charge is 0.492 e. The number of amides is 1. The molecule has 0 bridgehead atoms. The number of carbonyl (C=O) groups excluding carboxylic acids is 1. The van der Waals surface area contributed by atoms with Crippen LogP contribution in [0.15, 0.2) is 52.4 Å². The van der Waals surface area contributed by atoms with Gasteiger partial charge in [0.1, 0.15) is 11.4 Å². The molecule has 2 aromatic heterocycles. The minimum Gasteiger partial charge on any atom is -0.492 e. The molecule has 5 nitrogen and oxygen atoms in total. The van der Waals surface area contributed by atoms with E-state index in [0.29, 0.717) is 35.4 Å². The number of nitrogens with one attached hydrogen (secondary N) is 1. The third-order valence-corrected chi connectivity index (χ3v) is 4.92. The van der Waals surface area contributed by atoms with Crippen LogP contribution in [-0.4, -0.2) is 22.5 Å². The number of hydrogen-bond acceptors (Lipinski definition) is 5. The van der Waals surface area contributed by atoms with E-state index in [9.17, 15) is 4.79 Å². The number of thiazole rings is 1. The number of rotatable bonds is 7. The first-order valence-electron chi connectivity index (χ1n) is 7.86. The van der Waals surface area contributed by atoms with Gasteiger partial charge >= 0.3 is 0 Å². The molecule has 0 saturated carbocycles. The molecule has 0 aliphatic rings.